The van der Waals surface area contributed by atoms with Crippen molar-refractivity contribution in [2.75, 3.05) is 11.9 Å². The Morgan fingerprint density at radius 1 is 1.40 bits per heavy atom. The average Bonchev–Trinajstić information content (AvgIpc) is 2.72. The van der Waals surface area contributed by atoms with Gasteiger partial charge in [0.2, 0.25) is 11.8 Å². The summed E-state index contributed by atoms with van der Waals surface area (Å²) < 4.78 is 0.578. The maximum absolute atomic E-state index is 12.0. The number of para-hydroxylation sites is 1. The molecule has 0 aliphatic carbocycles. The first-order valence-corrected chi connectivity index (χ1v) is 7.77. The van der Waals surface area contributed by atoms with Crippen LogP contribution in [0, 0.1) is 0 Å². The molecule has 0 spiro atoms. The molecule has 2 amide bonds. The minimum absolute atomic E-state index is 0.0232. The van der Waals surface area contributed by atoms with Crippen LogP contribution >= 0.6 is 24.0 Å². The average molecular weight is 308 g/mol. The van der Waals surface area contributed by atoms with Crippen LogP contribution in [0.5, 0.6) is 0 Å². The van der Waals surface area contributed by atoms with E-state index in [0.29, 0.717) is 10.9 Å². The van der Waals surface area contributed by atoms with Gasteiger partial charge in [0.1, 0.15) is 4.32 Å². The Labute approximate surface area is 127 Å². The van der Waals surface area contributed by atoms with Gasteiger partial charge in [-0.3, -0.25) is 14.5 Å². The molecule has 1 aromatic rings. The normalized spacial score (nSPS) is 18.4. The van der Waals surface area contributed by atoms with E-state index in [1.165, 1.54) is 11.8 Å². The first-order chi connectivity index (χ1) is 9.61. The molecule has 0 aromatic heterocycles. The number of anilines is 1. The van der Waals surface area contributed by atoms with Crippen LogP contribution in [0.25, 0.3) is 0 Å². The fraction of sp³-hybridized carbons (Fsp3) is 0.357. The lowest BCUT2D eigenvalue weighted by Crippen LogP contribution is -2.33. The van der Waals surface area contributed by atoms with Crippen molar-refractivity contribution in [1.82, 2.24) is 4.90 Å². The molecule has 1 atom stereocenters. The molecular formula is C14H16N2O2S2. The highest BCUT2D eigenvalue weighted by Crippen LogP contribution is 2.29. The zero-order valence-corrected chi connectivity index (χ0v) is 12.8. The van der Waals surface area contributed by atoms with Crippen molar-refractivity contribution in [1.29, 1.82) is 0 Å². The van der Waals surface area contributed by atoms with Crippen molar-refractivity contribution in [2.45, 2.75) is 25.0 Å². The van der Waals surface area contributed by atoms with Gasteiger partial charge in [0.05, 0.1) is 5.25 Å². The first-order valence-electron chi connectivity index (χ1n) is 6.48. The number of hydrogen-bond acceptors (Lipinski definition) is 4. The van der Waals surface area contributed by atoms with E-state index in [1.54, 1.807) is 4.90 Å². The Kier molecular flexibility index (Phi) is 5.14. The van der Waals surface area contributed by atoms with E-state index in [-0.39, 0.29) is 23.5 Å². The third-order valence-corrected chi connectivity index (χ3v) is 4.75. The lowest BCUT2D eigenvalue weighted by Gasteiger charge is -2.15. The summed E-state index contributed by atoms with van der Waals surface area (Å²) in [5, 5.41) is 2.71. The van der Waals surface area contributed by atoms with Gasteiger partial charge in [0.25, 0.3) is 0 Å². The molecule has 1 aliphatic rings. The van der Waals surface area contributed by atoms with Gasteiger partial charge in [0, 0.05) is 18.7 Å². The summed E-state index contributed by atoms with van der Waals surface area (Å²) in [6, 6.07) is 9.26. The van der Waals surface area contributed by atoms with Gasteiger partial charge in [-0.05, 0) is 18.6 Å². The number of amides is 2. The number of carbonyl (C=O) groups excluding carboxylic acids is 2. The SMILES string of the molecule is CCC1SC(=S)N(CCC(=O)Nc2ccccc2)C1=O. The molecule has 1 N–H and O–H groups in total. The van der Waals surface area contributed by atoms with Crippen LogP contribution in [-0.4, -0.2) is 32.8 Å². The molecule has 6 heteroatoms. The predicted molar refractivity (Wildman–Crippen MR) is 85.7 cm³/mol. The molecule has 1 unspecified atom stereocenters. The second-order valence-electron chi connectivity index (χ2n) is 4.43. The van der Waals surface area contributed by atoms with Crippen molar-refractivity contribution in [3.63, 3.8) is 0 Å². The molecule has 1 saturated heterocycles. The minimum atomic E-state index is -0.114. The van der Waals surface area contributed by atoms with Gasteiger partial charge in [-0.15, -0.1) is 0 Å². The number of carbonyl (C=O) groups is 2. The highest BCUT2D eigenvalue weighted by Gasteiger charge is 2.35. The molecule has 1 aliphatic heterocycles. The smallest absolute Gasteiger partial charge is 0.241 e. The van der Waals surface area contributed by atoms with Crippen molar-refractivity contribution in [3.8, 4) is 0 Å². The van der Waals surface area contributed by atoms with Crippen molar-refractivity contribution in [3.05, 3.63) is 30.3 Å². The van der Waals surface area contributed by atoms with Crippen LogP contribution in [0.3, 0.4) is 0 Å². The number of thioether (sulfide) groups is 1. The van der Waals surface area contributed by atoms with Gasteiger partial charge in [-0.2, -0.15) is 0 Å². The number of nitrogens with one attached hydrogen (secondary N) is 1. The molecular weight excluding hydrogens is 292 g/mol. The summed E-state index contributed by atoms with van der Waals surface area (Å²) in [4.78, 5) is 25.4. The van der Waals surface area contributed by atoms with Gasteiger partial charge in [-0.25, -0.2) is 0 Å². The van der Waals surface area contributed by atoms with Gasteiger partial charge < -0.3 is 5.32 Å². The van der Waals surface area contributed by atoms with Crippen LogP contribution in [0.15, 0.2) is 30.3 Å². The number of nitrogens with zero attached hydrogens (tertiary/aromatic N) is 1. The van der Waals surface area contributed by atoms with E-state index >= 15 is 0 Å². The van der Waals surface area contributed by atoms with E-state index in [4.69, 9.17) is 12.2 Å². The van der Waals surface area contributed by atoms with Crippen LogP contribution in [0.2, 0.25) is 0 Å². The van der Waals surface area contributed by atoms with Crippen molar-refractivity contribution in [2.24, 2.45) is 0 Å². The Morgan fingerprint density at radius 2 is 2.10 bits per heavy atom. The Morgan fingerprint density at radius 3 is 2.70 bits per heavy atom. The summed E-state index contributed by atoms with van der Waals surface area (Å²) in [6.07, 6.45) is 1.01. The lowest BCUT2D eigenvalue weighted by molar-refractivity contribution is -0.126. The summed E-state index contributed by atoms with van der Waals surface area (Å²) >= 11 is 6.59. The summed E-state index contributed by atoms with van der Waals surface area (Å²) in [5.74, 6) is -0.0910. The zero-order valence-electron chi connectivity index (χ0n) is 11.2. The van der Waals surface area contributed by atoms with E-state index in [1.807, 2.05) is 37.3 Å². The Hall–Kier alpha value is -1.40. The third-order valence-electron chi connectivity index (χ3n) is 3.00. The monoisotopic (exact) mass is 308 g/mol. The highest BCUT2D eigenvalue weighted by molar-refractivity contribution is 8.24. The molecule has 1 aromatic carbocycles. The number of hydrogen-bond donors (Lipinski definition) is 1. The van der Waals surface area contributed by atoms with E-state index < -0.39 is 0 Å². The summed E-state index contributed by atoms with van der Waals surface area (Å²) in [5.41, 5.74) is 0.758. The largest absolute Gasteiger partial charge is 0.326 e. The van der Waals surface area contributed by atoms with Crippen molar-refractivity contribution < 1.29 is 9.59 Å². The van der Waals surface area contributed by atoms with Gasteiger partial charge in [0.15, 0.2) is 0 Å². The lowest BCUT2D eigenvalue weighted by atomic mass is 10.2. The molecule has 4 nitrogen and oxygen atoms in total. The minimum Gasteiger partial charge on any atom is -0.326 e. The Bertz CT molecular complexity index is 519. The van der Waals surface area contributed by atoms with Crippen LogP contribution in [-0.2, 0) is 9.59 Å². The van der Waals surface area contributed by atoms with Crippen LogP contribution in [0.4, 0.5) is 5.69 Å². The first kappa shape index (κ1) is 15.0. The number of benzene rings is 1. The maximum Gasteiger partial charge on any atom is 0.241 e. The molecule has 0 bridgehead atoms. The topological polar surface area (TPSA) is 49.4 Å². The maximum atomic E-state index is 12.0. The molecule has 1 heterocycles. The summed E-state index contributed by atoms with van der Waals surface area (Å²) in [7, 11) is 0. The quantitative estimate of drug-likeness (QED) is 0.850. The Balaban J connectivity index is 1.85. The van der Waals surface area contributed by atoms with Gasteiger partial charge >= 0.3 is 0 Å². The molecule has 20 heavy (non-hydrogen) atoms. The molecule has 0 saturated carbocycles. The summed E-state index contributed by atoms with van der Waals surface area (Å²) in [6.45, 7) is 2.31. The van der Waals surface area contributed by atoms with E-state index in [2.05, 4.69) is 5.32 Å². The van der Waals surface area contributed by atoms with Crippen LogP contribution < -0.4 is 5.32 Å². The zero-order chi connectivity index (χ0) is 14.5. The second-order valence-corrected chi connectivity index (χ2v) is 6.27. The molecule has 1 fully saturated rings. The predicted octanol–water partition coefficient (Wildman–Crippen LogP) is 2.65. The molecule has 106 valence electrons. The van der Waals surface area contributed by atoms with Crippen LogP contribution in [0.1, 0.15) is 19.8 Å². The third kappa shape index (κ3) is 3.58. The standard InChI is InChI=1S/C14H16N2O2S2/c1-2-11-13(18)16(14(19)20-11)9-8-12(17)15-10-6-4-3-5-7-10/h3-7,11H,2,8-9H2,1H3,(H,15,17). The highest BCUT2D eigenvalue weighted by atomic mass is 32.2. The fourth-order valence-corrected chi connectivity index (χ4v) is 3.39. The fourth-order valence-electron chi connectivity index (χ4n) is 1.92. The number of rotatable bonds is 5. The van der Waals surface area contributed by atoms with Crippen molar-refractivity contribution >= 4 is 45.8 Å². The second kappa shape index (κ2) is 6.85. The van der Waals surface area contributed by atoms with E-state index in [9.17, 15) is 9.59 Å². The van der Waals surface area contributed by atoms with E-state index in [0.717, 1.165) is 12.1 Å². The number of thiocarbonyl (C=S) groups is 1. The molecule has 0 radical (unpaired) electrons. The van der Waals surface area contributed by atoms with Gasteiger partial charge in [-0.1, -0.05) is 49.1 Å². The molecule has 2 rings (SSSR count).